The zero-order chi connectivity index (χ0) is 84.8. The number of sulfonamides is 3. The summed E-state index contributed by atoms with van der Waals surface area (Å²) >= 11 is 38.2. The van der Waals surface area contributed by atoms with Gasteiger partial charge in [-0.05, 0) is 200 Å². The van der Waals surface area contributed by atoms with Gasteiger partial charge in [0.15, 0.2) is 11.6 Å². The van der Waals surface area contributed by atoms with Crippen molar-refractivity contribution in [1.29, 1.82) is 0 Å². The van der Waals surface area contributed by atoms with Crippen LogP contribution in [0.25, 0.3) is 0 Å². The second-order valence-corrected chi connectivity index (χ2v) is 35.7. The first-order valence-electron chi connectivity index (χ1n) is 37.6. The van der Waals surface area contributed by atoms with Crippen molar-refractivity contribution in [3.05, 3.63) is 173 Å². The second-order valence-electron chi connectivity index (χ2n) is 27.9. The smallest absolute Gasteiger partial charge is 0.339 e. The Morgan fingerprint density at radius 2 is 0.692 bits per heavy atom. The molecule has 4 aliphatic rings. The minimum atomic E-state index is -3.79. The summed E-state index contributed by atoms with van der Waals surface area (Å²) in [6.07, 6.45) is 2.57. The van der Waals surface area contributed by atoms with E-state index in [2.05, 4.69) is 38.3 Å². The molecule has 6 atom stereocenters. The van der Waals surface area contributed by atoms with Gasteiger partial charge in [0.2, 0.25) is 30.1 Å². The molecule has 6 aromatic rings. The topological polar surface area (TPSA) is 353 Å². The fraction of sp³-hybridized carbons (Fsp3) is 0.494. The summed E-state index contributed by atoms with van der Waals surface area (Å²) in [5.74, 6) is 0.0615. The Bertz CT molecular complexity index is 4390. The number of ether oxygens (including phenoxy) is 12. The number of nitrogens with two attached hydrogens (primary N) is 1. The molecule has 0 aromatic heterocycles. The van der Waals surface area contributed by atoms with Crippen molar-refractivity contribution in [2.45, 2.75) is 96.1 Å². The van der Waals surface area contributed by atoms with Crippen LogP contribution in [0.2, 0.25) is 30.1 Å². The van der Waals surface area contributed by atoms with Gasteiger partial charge in [0, 0.05) is 99.1 Å². The van der Waals surface area contributed by atoms with E-state index in [-0.39, 0.29) is 168 Å². The molecule has 0 unspecified atom stereocenters. The Labute approximate surface area is 714 Å². The number of benzene rings is 6. The number of rotatable bonds is 47. The van der Waals surface area contributed by atoms with Crippen molar-refractivity contribution in [1.82, 2.24) is 28.9 Å². The van der Waals surface area contributed by atoms with E-state index in [1.54, 1.807) is 54.6 Å². The lowest BCUT2D eigenvalue weighted by Crippen LogP contribution is -2.34. The fourth-order valence-corrected chi connectivity index (χ4v) is 17.6. The summed E-state index contributed by atoms with van der Waals surface area (Å²) in [6, 6.07) is 29.7. The van der Waals surface area contributed by atoms with Crippen LogP contribution in [0.3, 0.4) is 0 Å². The highest BCUT2D eigenvalue weighted by Gasteiger charge is 2.41. The Morgan fingerprint density at radius 3 is 0.957 bits per heavy atom. The van der Waals surface area contributed by atoms with Gasteiger partial charge in [0.25, 0.3) is 0 Å². The van der Waals surface area contributed by atoms with Gasteiger partial charge < -0.3 is 77.3 Å². The maximum Gasteiger partial charge on any atom is 0.339 e. The van der Waals surface area contributed by atoms with Crippen LogP contribution in [-0.2, 0) is 111 Å². The molecule has 117 heavy (non-hydrogen) atoms. The van der Waals surface area contributed by atoms with Crippen molar-refractivity contribution in [3.8, 4) is 17.2 Å². The highest BCUT2D eigenvalue weighted by molar-refractivity contribution is 7.90. The highest BCUT2D eigenvalue weighted by Crippen LogP contribution is 2.45. The number of carbonyl (C=O) groups is 4. The normalized spacial score (nSPS) is 17.7. The molecule has 10 rings (SSSR count). The fourth-order valence-electron chi connectivity index (χ4n) is 12.8. The molecule has 0 bridgehead atoms. The zero-order valence-corrected chi connectivity index (χ0v) is 72.8. The number of nitrogens with one attached hydrogen (secondary N) is 3. The number of likely N-dealkylation sites (N-methyl/N-ethyl adjacent to an activating group) is 3. The average molecular weight is 1810 g/mol. The molecule has 5 N–H and O–H groups in total. The van der Waals surface area contributed by atoms with E-state index in [9.17, 15) is 44.4 Å². The SMILES string of the molecule is CN(C)[C@H]1Cc2c(Cl)cc(Cl)cc2[C@@H]1Oc1ccc(S(=O)(=O)NCCOCCOCCCC(=O)COCC(=O)CCCOCCOCCNS(=O)(=O)c2ccc(O[C@H]3c4cc(Cl)cc(Cl)c4C[C@@H]3N(C)C)cc2)cc1.CN(C)[C@H]1Cc2c(Cl)cc(Cl)cc2[C@@H]1Oc1ccc(S(=O)(=O)NCCOCCOCCN)cc1.O=C1COCC(=O)O1. The quantitative estimate of drug-likeness (QED) is 0.0157. The molecule has 1 aliphatic heterocycles. The van der Waals surface area contributed by atoms with E-state index < -0.39 is 42.0 Å². The van der Waals surface area contributed by atoms with Crippen LogP contribution >= 0.6 is 69.6 Å². The number of nitrogens with zero attached hydrogens (tertiary/aromatic N) is 3. The average Bonchev–Trinajstić information content (AvgIpc) is 1.64. The van der Waals surface area contributed by atoms with E-state index in [0.29, 0.717) is 113 Å². The third-order valence-electron chi connectivity index (χ3n) is 18.6. The van der Waals surface area contributed by atoms with Crippen LogP contribution < -0.4 is 34.1 Å². The van der Waals surface area contributed by atoms with Crippen LogP contribution in [0.15, 0.2) is 124 Å². The molecule has 644 valence electrons. The number of hydrogen-bond donors (Lipinski definition) is 4. The molecular weight excluding hydrogens is 1710 g/mol. The van der Waals surface area contributed by atoms with Gasteiger partial charge >= 0.3 is 11.9 Å². The van der Waals surface area contributed by atoms with Crippen LogP contribution in [0, 0.1) is 0 Å². The largest absolute Gasteiger partial charge is 0.484 e. The first-order chi connectivity index (χ1) is 55.8. The maximum absolute atomic E-state index is 12.9. The summed E-state index contributed by atoms with van der Waals surface area (Å²) in [5.41, 5.74) is 11.1. The Morgan fingerprint density at radius 1 is 0.410 bits per heavy atom. The van der Waals surface area contributed by atoms with Crippen LogP contribution in [0.4, 0.5) is 0 Å². The van der Waals surface area contributed by atoms with Gasteiger partial charge in [0.05, 0.1) is 98.9 Å². The number of ketones is 2. The first kappa shape index (κ1) is 96.6. The third kappa shape index (κ3) is 30.6. The molecular formula is C79H101Cl6N7O22S3. The lowest BCUT2D eigenvalue weighted by molar-refractivity contribution is -0.174. The van der Waals surface area contributed by atoms with Gasteiger partial charge in [-0.25, -0.2) is 49.0 Å². The molecule has 3 aliphatic carbocycles. The Balaban J connectivity index is 0.000000332. The number of halogens is 6. The number of Topliss-reactive ketones (excluding diaryl/α,β-unsaturated/α-hetero) is 2. The van der Waals surface area contributed by atoms with Gasteiger partial charge in [-0.1, -0.05) is 69.6 Å². The third-order valence-corrected chi connectivity index (χ3v) is 24.7. The van der Waals surface area contributed by atoms with Gasteiger partial charge in [-0.2, -0.15) is 0 Å². The van der Waals surface area contributed by atoms with Crippen molar-refractivity contribution < 1.29 is 101 Å². The van der Waals surface area contributed by atoms with Crippen LogP contribution in [0.5, 0.6) is 17.2 Å². The van der Waals surface area contributed by atoms with Crippen LogP contribution in [0.1, 0.15) is 77.4 Å². The number of fused-ring (bicyclic) bond motifs is 3. The molecule has 0 amide bonds. The molecule has 0 radical (unpaired) electrons. The molecule has 38 heteroatoms. The van der Waals surface area contributed by atoms with E-state index in [4.69, 9.17) is 123 Å². The molecule has 6 aromatic carbocycles. The minimum absolute atomic E-state index is 0.0166. The van der Waals surface area contributed by atoms with E-state index >= 15 is 0 Å². The Kier molecular flexibility index (Phi) is 39.8. The Hall–Kier alpha value is -5.81. The summed E-state index contributed by atoms with van der Waals surface area (Å²) < 4.78 is 150. The molecule has 0 spiro atoms. The van der Waals surface area contributed by atoms with E-state index in [0.717, 1.165) is 39.8 Å². The lowest BCUT2D eigenvalue weighted by Gasteiger charge is -2.27. The highest BCUT2D eigenvalue weighted by atomic mass is 35.5. The second kappa shape index (κ2) is 48.1. The lowest BCUT2D eigenvalue weighted by atomic mass is 10.1. The van der Waals surface area contributed by atoms with Crippen LogP contribution in [-0.4, -0.2) is 256 Å². The molecule has 1 fully saturated rings. The standard InChI is InChI=1S/C52H66Cl4N4O13S2.C23H31Cl2N3O5S.C4H4O4/c1-59(2)49-31-43-45(27-35(53)29-47(43)55)51(49)72-39-9-13-41(14-10-39)74(63,64)57-17-21-69-25-23-67-19-5-7-37(61)33-71-34-38(62)8-6-20-68-24-26-70-22-18-58-75(65,66)42-15-11-40(12-16-42)73-52-46-28-36(54)30-48(56)44(46)32-50(52)60(3)4;1-28(2)22-15-19-20(13-16(24)14-21(19)25)23(22)33-17-3-5-18(6-4-17)34(29,30)27-8-10-32-12-11-31-9-7-26;5-3-1-7-2-4(6)8-3/h9-16,27-30,49-52,57-58H,5-8,17-26,31-34H2,1-4H3;3-6,13-14,22-23,27H,7-12,15,26H2,1-2H3;1-2H2/t49-,50-,51-,52-;22-,23-;/m00./s1. The number of esters is 2. The number of cyclic esters (lactones) is 2. The predicted molar refractivity (Wildman–Crippen MR) is 443 cm³/mol. The zero-order valence-electron chi connectivity index (χ0n) is 65.8. The van der Waals surface area contributed by atoms with Gasteiger partial charge in [0.1, 0.15) is 62.0 Å². The molecule has 1 heterocycles. The summed E-state index contributed by atoms with van der Waals surface area (Å²) in [6.45, 7) is 3.62. The predicted octanol–water partition coefficient (Wildman–Crippen LogP) is 9.51. The van der Waals surface area contributed by atoms with Crippen molar-refractivity contribution >= 4 is 123 Å². The van der Waals surface area contributed by atoms with Crippen molar-refractivity contribution in [2.75, 3.05) is 174 Å². The van der Waals surface area contributed by atoms with Crippen molar-refractivity contribution in [3.63, 3.8) is 0 Å². The van der Waals surface area contributed by atoms with Gasteiger partial charge in [-0.3, -0.25) is 9.59 Å². The molecule has 1 saturated heterocycles. The van der Waals surface area contributed by atoms with Crippen molar-refractivity contribution in [2.24, 2.45) is 5.73 Å². The summed E-state index contributed by atoms with van der Waals surface area (Å²) in [7, 11) is 0.601. The van der Waals surface area contributed by atoms with E-state index in [1.807, 2.05) is 60.5 Å². The van der Waals surface area contributed by atoms with E-state index in [1.165, 1.54) is 36.4 Å². The minimum Gasteiger partial charge on any atom is -0.484 e. The summed E-state index contributed by atoms with van der Waals surface area (Å²) in [5, 5.41) is 3.41. The summed E-state index contributed by atoms with van der Waals surface area (Å²) in [4.78, 5) is 51.2. The van der Waals surface area contributed by atoms with Gasteiger partial charge in [-0.15, -0.1) is 0 Å². The number of carbonyl (C=O) groups excluding carboxylic acids is 4. The molecule has 0 saturated carbocycles. The first-order valence-corrected chi connectivity index (χ1v) is 44.4. The number of hydrogen-bond acceptors (Lipinski definition) is 26. The monoisotopic (exact) mass is 1810 g/mol. The maximum atomic E-state index is 12.9. The molecule has 29 nitrogen and oxygen atoms in total.